The van der Waals surface area contributed by atoms with Crippen LogP contribution >= 0.6 is 23.2 Å². The molecule has 4 rings (SSSR count). The van der Waals surface area contributed by atoms with Gasteiger partial charge in [-0.15, -0.1) is 0 Å². The first-order valence-corrected chi connectivity index (χ1v) is 13.2. The van der Waals surface area contributed by atoms with Crippen LogP contribution in [0.15, 0.2) is 48.7 Å². The fraction of sp³-hybridized carbons (Fsp3) is 0.357. The van der Waals surface area contributed by atoms with E-state index < -0.39 is 11.6 Å². The Bertz CT molecular complexity index is 1300. The molecule has 1 unspecified atom stereocenters. The Morgan fingerprint density at radius 3 is 2.45 bits per heavy atom. The van der Waals surface area contributed by atoms with Crippen molar-refractivity contribution in [2.75, 3.05) is 25.4 Å². The number of nitrogens with zero attached hydrogens (tertiary/aromatic N) is 3. The van der Waals surface area contributed by atoms with Gasteiger partial charge in [-0.2, -0.15) is 0 Å². The van der Waals surface area contributed by atoms with Gasteiger partial charge in [-0.3, -0.25) is 9.59 Å². The molecule has 0 radical (unpaired) electrons. The first kappa shape index (κ1) is 27.8. The third-order valence-electron chi connectivity index (χ3n) is 6.13. The Morgan fingerprint density at radius 2 is 1.79 bits per heavy atom. The molecule has 200 valence electrons. The predicted molar refractivity (Wildman–Crippen MR) is 149 cm³/mol. The van der Waals surface area contributed by atoms with Gasteiger partial charge in [-0.25, -0.2) is 9.97 Å². The second-order valence-corrected chi connectivity index (χ2v) is 11.0. The summed E-state index contributed by atoms with van der Waals surface area (Å²) in [7, 11) is 0. The molecule has 0 saturated carbocycles. The quantitative estimate of drug-likeness (QED) is 0.428. The molecule has 1 atom stereocenters. The number of aryl methyl sites for hydroxylation is 1. The number of nitrogen functional groups attached to an aromatic ring is 1. The van der Waals surface area contributed by atoms with Crippen LogP contribution < -0.4 is 11.1 Å². The van der Waals surface area contributed by atoms with Crippen LogP contribution in [0, 0.1) is 0 Å². The van der Waals surface area contributed by atoms with Gasteiger partial charge < -0.3 is 20.7 Å². The number of piperazine rings is 1. The number of ether oxygens (including phenoxy) is 1. The molecule has 1 aliphatic heterocycles. The van der Waals surface area contributed by atoms with E-state index in [9.17, 15) is 9.59 Å². The van der Waals surface area contributed by atoms with Crippen molar-refractivity contribution in [1.29, 1.82) is 0 Å². The van der Waals surface area contributed by atoms with Gasteiger partial charge in [0, 0.05) is 40.8 Å². The number of hydrogen-bond acceptors (Lipinski definition) is 7. The van der Waals surface area contributed by atoms with E-state index in [4.69, 9.17) is 38.7 Å². The smallest absolute Gasteiger partial charge is 0.325 e. The summed E-state index contributed by atoms with van der Waals surface area (Å²) in [5, 5.41) is 4.34. The number of esters is 1. The van der Waals surface area contributed by atoms with Crippen LogP contribution in [0.4, 0.5) is 5.82 Å². The Morgan fingerprint density at radius 1 is 1.11 bits per heavy atom. The zero-order chi connectivity index (χ0) is 27.4. The summed E-state index contributed by atoms with van der Waals surface area (Å²) >= 11 is 12.6. The maximum absolute atomic E-state index is 13.2. The highest BCUT2D eigenvalue weighted by Gasteiger charge is 2.31. The van der Waals surface area contributed by atoms with Crippen LogP contribution in [0.1, 0.15) is 42.4 Å². The Balaban J connectivity index is 1.44. The molecule has 0 bridgehead atoms. The summed E-state index contributed by atoms with van der Waals surface area (Å²) in [6, 6.07) is 12.0. The summed E-state index contributed by atoms with van der Waals surface area (Å²) in [6.07, 6.45) is 2.71. The van der Waals surface area contributed by atoms with Crippen molar-refractivity contribution in [3.63, 3.8) is 0 Å². The number of halogens is 2. The van der Waals surface area contributed by atoms with E-state index in [0.717, 1.165) is 11.1 Å². The lowest BCUT2D eigenvalue weighted by Gasteiger charge is -2.34. The average Bonchev–Trinajstić information content (AvgIpc) is 2.88. The summed E-state index contributed by atoms with van der Waals surface area (Å²) in [5.41, 5.74) is 8.96. The summed E-state index contributed by atoms with van der Waals surface area (Å²) in [6.45, 7) is 6.72. The molecule has 10 heteroatoms. The SMILES string of the molecule is CC(C)(C)OC(=O)C1CN(C(=O)c2ccc(-c3cnc(N)c(CCc4c(Cl)cccc4Cl)n3)cc2)CCN1. The lowest BCUT2D eigenvalue weighted by molar-refractivity contribution is -0.158. The van der Waals surface area contributed by atoms with Crippen molar-refractivity contribution in [3.05, 3.63) is 75.5 Å². The van der Waals surface area contributed by atoms with Crippen LogP contribution in [0.2, 0.25) is 10.0 Å². The van der Waals surface area contributed by atoms with E-state index in [2.05, 4.69) is 10.3 Å². The number of aromatic nitrogens is 2. The number of carbonyl (C=O) groups is 2. The maximum atomic E-state index is 13.2. The number of carbonyl (C=O) groups excluding carboxylic acids is 2. The lowest BCUT2D eigenvalue weighted by Crippen LogP contribution is -2.56. The predicted octanol–water partition coefficient (Wildman–Crippen LogP) is 4.57. The monoisotopic (exact) mass is 555 g/mol. The number of nitrogens with two attached hydrogens (primary N) is 1. The van der Waals surface area contributed by atoms with Crippen molar-refractivity contribution in [2.24, 2.45) is 0 Å². The minimum atomic E-state index is -0.590. The largest absolute Gasteiger partial charge is 0.459 e. The molecule has 3 N–H and O–H groups in total. The van der Waals surface area contributed by atoms with E-state index in [1.54, 1.807) is 41.4 Å². The molecule has 1 saturated heterocycles. The van der Waals surface area contributed by atoms with Crippen molar-refractivity contribution in [2.45, 2.75) is 45.3 Å². The molecular formula is C28H31Cl2N5O3. The standard InChI is InChI=1S/C28H31Cl2N5O3/c1-28(2,3)38-27(37)24-16-35(14-13-32-24)26(36)18-9-7-17(8-10-18)23-15-33-25(31)22(34-23)12-11-19-20(29)5-4-6-21(19)30/h4-10,15,24,32H,11-14,16H2,1-3H3,(H2,31,33). The fourth-order valence-corrected chi connectivity index (χ4v) is 4.79. The molecule has 2 aromatic carbocycles. The molecule has 38 heavy (non-hydrogen) atoms. The van der Waals surface area contributed by atoms with Gasteiger partial charge in [-0.1, -0.05) is 41.4 Å². The van der Waals surface area contributed by atoms with Crippen molar-refractivity contribution in [3.8, 4) is 11.3 Å². The summed E-state index contributed by atoms with van der Waals surface area (Å²) < 4.78 is 5.47. The molecule has 0 spiro atoms. The first-order valence-electron chi connectivity index (χ1n) is 12.4. The minimum absolute atomic E-state index is 0.146. The molecule has 1 amide bonds. The normalized spacial score (nSPS) is 15.8. The van der Waals surface area contributed by atoms with E-state index in [-0.39, 0.29) is 18.4 Å². The van der Waals surface area contributed by atoms with Crippen LogP contribution in [0.3, 0.4) is 0 Å². The van der Waals surface area contributed by atoms with E-state index in [1.165, 1.54) is 0 Å². The van der Waals surface area contributed by atoms with Gasteiger partial charge in [0.25, 0.3) is 5.91 Å². The number of anilines is 1. The van der Waals surface area contributed by atoms with Gasteiger partial charge in [0.2, 0.25) is 0 Å². The average molecular weight is 556 g/mol. The molecule has 0 aliphatic carbocycles. The number of rotatable bonds is 6. The zero-order valence-electron chi connectivity index (χ0n) is 21.6. The van der Waals surface area contributed by atoms with Gasteiger partial charge in [0.15, 0.2) is 0 Å². The van der Waals surface area contributed by atoms with Crippen LogP contribution in [-0.2, 0) is 22.4 Å². The third-order valence-corrected chi connectivity index (χ3v) is 6.84. The van der Waals surface area contributed by atoms with Gasteiger partial charge in [-0.05, 0) is 63.4 Å². The second kappa shape index (κ2) is 11.7. The van der Waals surface area contributed by atoms with Crippen molar-refractivity contribution < 1.29 is 14.3 Å². The Hall–Kier alpha value is -3.20. The number of benzene rings is 2. The van der Waals surface area contributed by atoms with Gasteiger partial charge >= 0.3 is 5.97 Å². The molecule has 8 nitrogen and oxygen atoms in total. The highest BCUT2D eigenvalue weighted by molar-refractivity contribution is 6.36. The third kappa shape index (κ3) is 6.81. The Kier molecular flexibility index (Phi) is 8.55. The van der Waals surface area contributed by atoms with Gasteiger partial charge in [0.05, 0.1) is 17.6 Å². The topological polar surface area (TPSA) is 110 Å². The van der Waals surface area contributed by atoms with E-state index in [1.807, 2.05) is 32.9 Å². The van der Waals surface area contributed by atoms with Crippen molar-refractivity contribution in [1.82, 2.24) is 20.2 Å². The van der Waals surface area contributed by atoms with Crippen molar-refractivity contribution >= 4 is 40.9 Å². The molecular weight excluding hydrogens is 525 g/mol. The second-order valence-electron chi connectivity index (χ2n) is 10.2. The number of nitrogens with one attached hydrogen (secondary N) is 1. The number of amides is 1. The molecule has 1 fully saturated rings. The first-order chi connectivity index (χ1) is 18.0. The minimum Gasteiger partial charge on any atom is -0.459 e. The van der Waals surface area contributed by atoms with E-state index >= 15 is 0 Å². The van der Waals surface area contributed by atoms with Crippen LogP contribution in [-0.4, -0.2) is 58.0 Å². The number of hydrogen-bond donors (Lipinski definition) is 2. The molecule has 2 heterocycles. The molecule has 1 aromatic heterocycles. The zero-order valence-corrected chi connectivity index (χ0v) is 23.1. The lowest BCUT2D eigenvalue weighted by atomic mass is 10.1. The summed E-state index contributed by atoms with van der Waals surface area (Å²) in [4.78, 5) is 36.3. The maximum Gasteiger partial charge on any atom is 0.325 e. The highest BCUT2D eigenvalue weighted by Crippen LogP contribution is 2.27. The van der Waals surface area contributed by atoms with E-state index in [0.29, 0.717) is 58.7 Å². The summed E-state index contributed by atoms with van der Waals surface area (Å²) in [5.74, 6) is -0.158. The highest BCUT2D eigenvalue weighted by atomic mass is 35.5. The fourth-order valence-electron chi connectivity index (χ4n) is 4.21. The molecule has 1 aliphatic rings. The van der Waals surface area contributed by atoms with Crippen LogP contribution in [0.5, 0.6) is 0 Å². The Labute approximate surface area is 232 Å². The van der Waals surface area contributed by atoms with Gasteiger partial charge in [0.1, 0.15) is 17.5 Å². The van der Waals surface area contributed by atoms with Crippen LogP contribution in [0.25, 0.3) is 11.3 Å². The molecule has 3 aromatic rings.